The molecule has 0 aliphatic rings. The van der Waals surface area contributed by atoms with E-state index in [0.717, 1.165) is 17.9 Å². The van der Waals surface area contributed by atoms with Crippen molar-refractivity contribution in [2.75, 3.05) is 7.05 Å². The van der Waals surface area contributed by atoms with Crippen LogP contribution in [0.2, 0.25) is 5.02 Å². The molecule has 108 valence electrons. The van der Waals surface area contributed by atoms with E-state index < -0.39 is 0 Å². The Morgan fingerprint density at radius 2 is 2.15 bits per heavy atom. The summed E-state index contributed by atoms with van der Waals surface area (Å²) in [5.41, 5.74) is 1.81. The lowest BCUT2D eigenvalue weighted by atomic mass is 10.3. The fourth-order valence-electron chi connectivity index (χ4n) is 1.94. The fourth-order valence-corrected chi connectivity index (χ4v) is 2.08. The van der Waals surface area contributed by atoms with Gasteiger partial charge in [-0.25, -0.2) is 0 Å². The Labute approximate surface area is 122 Å². The van der Waals surface area contributed by atoms with Gasteiger partial charge in [0.2, 0.25) is 5.91 Å². The predicted molar refractivity (Wildman–Crippen MR) is 76.3 cm³/mol. The number of carbonyl (C=O) groups is 1. The predicted octanol–water partition coefficient (Wildman–Crippen LogP) is 1.72. The molecule has 0 saturated heterocycles. The van der Waals surface area contributed by atoms with Gasteiger partial charge in [0.1, 0.15) is 6.54 Å². The Hall–Kier alpha value is -1.82. The van der Waals surface area contributed by atoms with E-state index in [1.165, 1.54) is 0 Å². The molecular formula is C13H18ClN5O. The Morgan fingerprint density at radius 3 is 2.75 bits per heavy atom. The van der Waals surface area contributed by atoms with Crippen LogP contribution in [-0.2, 0) is 24.4 Å². The average Bonchev–Trinajstić information content (AvgIpc) is 3.00. The van der Waals surface area contributed by atoms with Crippen LogP contribution in [0, 0.1) is 6.92 Å². The Morgan fingerprint density at radius 1 is 1.40 bits per heavy atom. The molecule has 1 amide bonds. The van der Waals surface area contributed by atoms with E-state index in [1.54, 1.807) is 29.0 Å². The van der Waals surface area contributed by atoms with Crippen molar-refractivity contribution in [2.24, 2.45) is 0 Å². The largest absolute Gasteiger partial charge is 0.338 e. The van der Waals surface area contributed by atoms with E-state index in [1.807, 2.05) is 24.6 Å². The van der Waals surface area contributed by atoms with Crippen LogP contribution < -0.4 is 0 Å². The first-order valence-electron chi connectivity index (χ1n) is 6.45. The summed E-state index contributed by atoms with van der Waals surface area (Å²) in [5.74, 6) is -0.0169. The van der Waals surface area contributed by atoms with Gasteiger partial charge in [-0.3, -0.25) is 14.2 Å². The van der Waals surface area contributed by atoms with Gasteiger partial charge in [-0.05, 0) is 19.9 Å². The molecule has 0 atom stereocenters. The molecule has 0 saturated carbocycles. The highest BCUT2D eigenvalue weighted by molar-refractivity contribution is 6.31. The maximum absolute atomic E-state index is 12.2. The van der Waals surface area contributed by atoms with Crippen molar-refractivity contribution in [2.45, 2.75) is 33.5 Å². The maximum Gasteiger partial charge on any atom is 0.244 e. The zero-order valence-electron chi connectivity index (χ0n) is 11.9. The summed E-state index contributed by atoms with van der Waals surface area (Å²) < 4.78 is 3.48. The first kappa shape index (κ1) is 14.6. The molecule has 6 nitrogen and oxygen atoms in total. The van der Waals surface area contributed by atoms with Crippen molar-refractivity contribution in [1.29, 1.82) is 0 Å². The molecule has 7 heteroatoms. The highest BCUT2D eigenvalue weighted by Gasteiger charge is 2.14. The molecule has 2 aromatic rings. The number of halogens is 1. The molecule has 0 fully saturated rings. The standard InChI is InChI=1S/C13H18ClN5O/c1-4-18-11(5-6-15-18)8-17(3)13(20)9-19-10(2)12(14)7-16-19/h5-7H,4,8-9H2,1-3H3. The average molecular weight is 296 g/mol. The number of carbonyl (C=O) groups excluding carboxylic acids is 1. The van der Waals surface area contributed by atoms with E-state index in [-0.39, 0.29) is 12.5 Å². The van der Waals surface area contributed by atoms with Gasteiger partial charge in [-0.1, -0.05) is 11.6 Å². The summed E-state index contributed by atoms with van der Waals surface area (Å²) in [6.45, 7) is 5.37. The van der Waals surface area contributed by atoms with Gasteiger partial charge in [0.25, 0.3) is 0 Å². The molecule has 0 aromatic carbocycles. The van der Waals surface area contributed by atoms with Crippen molar-refractivity contribution in [3.63, 3.8) is 0 Å². The van der Waals surface area contributed by atoms with Gasteiger partial charge in [0.15, 0.2) is 0 Å². The molecular weight excluding hydrogens is 278 g/mol. The SMILES string of the molecule is CCn1nccc1CN(C)C(=O)Cn1ncc(Cl)c1C. The van der Waals surface area contributed by atoms with Crippen molar-refractivity contribution in [3.05, 3.63) is 34.9 Å². The number of hydrogen-bond acceptors (Lipinski definition) is 3. The number of aryl methyl sites for hydroxylation is 1. The highest BCUT2D eigenvalue weighted by atomic mass is 35.5. The summed E-state index contributed by atoms with van der Waals surface area (Å²) in [5, 5.41) is 8.85. The molecule has 2 heterocycles. The van der Waals surface area contributed by atoms with Crippen LogP contribution in [0.25, 0.3) is 0 Å². The number of likely N-dealkylation sites (N-methyl/N-ethyl adjacent to an activating group) is 1. The van der Waals surface area contributed by atoms with Crippen molar-refractivity contribution in [3.8, 4) is 0 Å². The number of amides is 1. The van der Waals surface area contributed by atoms with Crippen LogP contribution >= 0.6 is 11.6 Å². The minimum absolute atomic E-state index is 0.0169. The minimum Gasteiger partial charge on any atom is -0.338 e. The lowest BCUT2D eigenvalue weighted by Crippen LogP contribution is -2.31. The van der Waals surface area contributed by atoms with Gasteiger partial charge in [0.05, 0.1) is 29.2 Å². The first-order chi connectivity index (χ1) is 9.52. The summed E-state index contributed by atoms with van der Waals surface area (Å²) in [7, 11) is 1.77. The second-order valence-corrected chi connectivity index (χ2v) is 5.03. The Balaban J connectivity index is 2.00. The number of nitrogens with zero attached hydrogens (tertiary/aromatic N) is 5. The molecule has 0 radical (unpaired) electrons. The minimum atomic E-state index is -0.0169. The van der Waals surface area contributed by atoms with Crippen LogP contribution in [0.15, 0.2) is 18.5 Å². The van der Waals surface area contributed by atoms with Gasteiger partial charge >= 0.3 is 0 Å². The third-order valence-corrected chi connectivity index (χ3v) is 3.63. The fraction of sp³-hybridized carbons (Fsp3) is 0.462. The van der Waals surface area contributed by atoms with E-state index in [4.69, 9.17) is 11.6 Å². The molecule has 0 bridgehead atoms. The first-order valence-corrected chi connectivity index (χ1v) is 6.83. The molecule has 2 aromatic heterocycles. The normalized spacial score (nSPS) is 10.8. The van der Waals surface area contributed by atoms with E-state index >= 15 is 0 Å². The van der Waals surface area contributed by atoms with Crippen molar-refractivity contribution < 1.29 is 4.79 Å². The summed E-state index contributed by atoms with van der Waals surface area (Å²) in [6.07, 6.45) is 3.30. The number of hydrogen-bond donors (Lipinski definition) is 0. The zero-order chi connectivity index (χ0) is 14.7. The Bertz CT molecular complexity index is 604. The third kappa shape index (κ3) is 3.01. The maximum atomic E-state index is 12.2. The molecule has 0 aliphatic carbocycles. The number of aromatic nitrogens is 4. The second kappa shape index (κ2) is 6.09. The van der Waals surface area contributed by atoms with Crippen LogP contribution in [0.1, 0.15) is 18.3 Å². The van der Waals surface area contributed by atoms with Crippen LogP contribution in [-0.4, -0.2) is 37.4 Å². The van der Waals surface area contributed by atoms with Crippen LogP contribution in [0.4, 0.5) is 0 Å². The van der Waals surface area contributed by atoms with E-state index in [9.17, 15) is 4.79 Å². The molecule has 2 rings (SSSR count). The highest BCUT2D eigenvalue weighted by Crippen LogP contribution is 2.13. The lowest BCUT2D eigenvalue weighted by molar-refractivity contribution is -0.131. The van der Waals surface area contributed by atoms with Crippen LogP contribution in [0.3, 0.4) is 0 Å². The topological polar surface area (TPSA) is 56.0 Å². The third-order valence-electron chi connectivity index (χ3n) is 3.26. The summed E-state index contributed by atoms with van der Waals surface area (Å²) in [4.78, 5) is 13.9. The quantitative estimate of drug-likeness (QED) is 0.844. The summed E-state index contributed by atoms with van der Waals surface area (Å²) >= 11 is 5.93. The second-order valence-electron chi connectivity index (χ2n) is 4.62. The van der Waals surface area contributed by atoms with Gasteiger partial charge in [-0.2, -0.15) is 10.2 Å². The molecule has 0 aliphatic heterocycles. The lowest BCUT2D eigenvalue weighted by Gasteiger charge is -2.18. The van der Waals surface area contributed by atoms with Crippen LogP contribution in [0.5, 0.6) is 0 Å². The van der Waals surface area contributed by atoms with Crippen molar-refractivity contribution >= 4 is 17.5 Å². The zero-order valence-corrected chi connectivity index (χ0v) is 12.6. The van der Waals surface area contributed by atoms with Gasteiger partial charge in [0, 0.05) is 19.8 Å². The molecule has 0 N–H and O–H groups in total. The monoisotopic (exact) mass is 295 g/mol. The number of rotatable bonds is 5. The molecule has 0 unspecified atom stereocenters. The Kier molecular flexibility index (Phi) is 4.44. The summed E-state index contributed by atoms with van der Waals surface area (Å²) in [6, 6.07) is 1.92. The van der Waals surface area contributed by atoms with Gasteiger partial charge in [-0.15, -0.1) is 0 Å². The van der Waals surface area contributed by atoms with E-state index in [0.29, 0.717) is 11.6 Å². The van der Waals surface area contributed by atoms with Gasteiger partial charge < -0.3 is 4.90 Å². The van der Waals surface area contributed by atoms with E-state index in [2.05, 4.69) is 10.2 Å². The molecule has 0 spiro atoms. The molecule has 20 heavy (non-hydrogen) atoms. The smallest absolute Gasteiger partial charge is 0.244 e. The van der Waals surface area contributed by atoms with Crippen molar-refractivity contribution in [1.82, 2.24) is 24.5 Å².